The summed E-state index contributed by atoms with van der Waals surface area (Å²) < 4.78 is 2.00. The van der Waals surface area contributed by atoms with Crippen molar-refractivity contribution in [3.8, 4) is 0 Å². The van der Waals surface area contributed by atoms with Crippen molar-refractivity contribution in [2.45, 2.75) is 20.4 Å². The van der Waals surface area contributed by atoms with Crippen LogP contribution in [0.15, 0.2) is 18.7 Å². The molecular weight excluding hydrogens is 238 g/mol. The summed E-state index contributed by atoms with van der Waals surface area (Å²) in [5, 5.41) is 3.75. The van der Waals surface area contributed by atoms with Crippen molar-refractivity contribution in [3.05, 3.63) is 35.3 Å². The molecule has 0 radical (unpaired) electrons. The Hall–Kier alpha value is -1.62. The van der Waals surface area contributed by atoms with Crippen LogP contribution in [0.3, 0.4) is 0 Å². The van der Waals surface area contributed by atoms with E-state index in [1.165, 1.54) is 0 Å². The van der Waals surface area contributed by atoms with Gasteiger partial charge in [-0.25, -0.2) is 15.0 Å². The zero-order valence-corrected chi connectivity index (χ0v) is 10.6. The van der Waals surface area contributed by atoms with Crippen molar-refractivity contribution in [1.29, 1.82) is 0 Å². The van der Waals surface area contributed by atoms with Crippen LogP contribution in [0.1, 0.15) is 11.4 Å². The van der Waals surface area contributed by atoms with Crippen LogP contribution in [0.2, 0.25) is 5.15 Å². The maximum absolute atomic E-state index is 5.99. The topological polar surface area (TPSA) is 55.6 Å². The van der Waals surface area contributed by atoms with Gasteiger partial charge in [-0.2, -0.15) is 0 Å². The number of anilines is 1. The van der Waals surface area contributed by atoms with Crippen LogP contribution in [0.25, 0.3) is 0 Å². The SMILES string of the molecule is Cc1nc(Cl)c(C)c(NCCn2ccnc2)n1. The quantitative estimate of drug-likeness (QED) is 0.845. The molecule has 0 spiro atoms. The summed E-state index contributed by atoms with van der Waals surface area (Å²) in [6.07, 6.45) is 5.47. The maximum atomic E-state index is 5.99. The van der Waals surface area contributed by atoms with Crippen LogP contribution in [-0.4, -0.2) is 26.1 Å². The van der Waals surface area contributed by atoms with E-state index in [0.29, 0.717) is 11.0 Å². The highest BCUT2D eigenvalue weighted by atomic mass is 35.5. The first kappa shape index (κ1) is 11.9. The Balaban J connectivity index is 1.99. The van der Waals surface area contributed by atoms with E-state index < -0.39 is 0 Å². The third-order valence-electron chi connectivity index (χ3n) is 2.42. The van der Waals surface area contributed by atoms with Gasteiger partial charge in [-0.15, -0.1) is 0 Å². The van der Waals surface area contributed by atoms with E-state index in [4.69, 9.17) is 11.6 Å². The Labute approximate surface area is 105 Å². The predicted octanol–water partition coefficient (Wildman–Crippen LogP) is 2.06. The van der Waals surface area contributed by atoms with Gasteiger partial charge in [0.05, 0.1) is 6.33 Å². The van der Waals surface area contributed by atoms with Gasteiger partial charge in [0.1, 0.15) is 16.8 Å². The molecule has 2 aromatic heterocycles. The van der Waals surface area contributed by atoms with Crippen molar-refractivity contribution in [3.63, 3.8) is 0 Å². The van der Waals surface area contributed by atoms with Crippen molar-refractivity contribution >= 4 is 17.4 Å². The first-order chi connectivity index (χ1) is 8.16. The zero-order chi connectivity index (χ0) is 12.3. The van der Waals surface area contributed by atoms with Gasteiger partial charge in [-0.1, -0.05) is 11.6 Å². The van der Waals surface area contributed by atoms with E-state index in [0.717, 1.165) is 24.5 Å². The van der Waals surface area contributed by atoms with Gasteiger partial charge < -0.3 is 9.88 Å². The number of rotatable bonds is 4. The predicted molar refractivity (Wildman–Crippen MR) is 67.2 cm³/mol. The number of nitrogens with one attached hydrogen (secondary N) is 1. The van der Waals surface area contributed by atoms with Crippen LogP contribution in [-0.2, 0) is 6.54 Å². The normalized spacial score (nSPS) is 10.5. The molecule has 2 rings (SSSR count). The Morgan fingerprint density at radius 3 is 2.88 bits per heavy atom. The Morgan fingerprint density at radius 1 is 1.35 bits per heavy atom. The van der Waals surface area contributed by atoms with Gasteiger partial charge in [0, 0.05) is 31.0 Å². The van der Waals surface area contributed by atoms with Crippen LogP contribution < -0.4 is 5.32 Å². The molecular formula is C11H14ClN5. The molecule has 0 saturated heterocycles. The molecule has 1 N–H and O–H groups in total. The van der Waals surface area contributed by atoms with Crippen LogP contribution in [0.5, 0.6) is 0 Å². The van der Waals surface area contributed by atoms with Crippen molar-refractivity contribution in [2.75, 3.05) is 11.9 Å². The van der Waals surface area contributed by atoms with E-state index in [1.807, 2.05) is 24.6 Å². The van der Waals surface area contributed by atoms with E-state index in [-0.39, 0.29) is 0 Å². The van der Waals surface area contributed by atoms with E-state index in [1.54, 1.807) is 12.5 Å². The Morgan fingerprint density at radius 2 is 2.18 bits per heavy atom. The first-order valence-electron chi connectivity index (χ1n) is 5.37. The molecule has 0 saturated carbocycles. The number of imidazole rings is 1. The summed E-state index contributed by atoms with van der Waals surface area (Å²) in [5.41, 5.74) is 0.878. The number of nitrogens with zero attached hydrogens (tertiary/aromatic N) is 4. The highest BCUT2D eigenvalue weighted by molar-refractivity contribution is 6.30. The molecule has 0 fully saturated rings. The van der Waals surface area contributed by atoms with Crippen LogP contribution in [0, 0.1) is 13.8 Å². The maximum Gasteiger partial charge on any atom is 0.137 e. The average molecular weight is 252 g/mol. The van der Waals surface area contributed by atoms with Crippen molar-refractivity contribution < 1.29 is 0 Å². The number of aryl methyl sites for hydroxylation is 1. The first-order valence-corrected chi connectivity index (χ1v) is 5.75. The smallest absolute Gasteiger partial charge is 0.137 e. The third kappa shape index (κ3) is 2.94. The molecule has 0 unspecified atom stereocenters. The minimum Gasteiger partial charge on any atom is -0.368 e. The Kier molecular flexibility index (Phi) is 3.58. The summed E-state index contributed by atoms with van der Waals surface area (Å²) in [5.74, 6) is 1.47. The highest BCUT2D eigenvalue weighted by Gasteiger charge is 2.06. The van der Waals surface area contributed by atoms with E-state index in [2.05, 4.69) is 20.3 Å². The fraction of sp³-hybridized carbons (Fsp3) is 0.364. The second-order valence-corrected chi connectivity index (χ2v) is 4.12. The second kappa shape index (κ2) is 5.14. The largest absolute Gasteiger partial charge is 0.368 e. The molecule has 90 valence electrons. The molecule has 6 heteroatoms. The number of halogens is 1. The number of hydrogen-bond donors (Lipinski definition) is 1. The molecule has 0 bridgehead atoms. The van der Waals surface area contributed by atoms with Crippen molar-refractivity contribution in [1.82, 2.24) is 19.5 Å². The minimum atomic E-state index is 0.502. The lowest BCUT2D eigenvalue weighted by molar-refractivity contribution is 0.724. The van der Waals surface area contributed by atoms with Gasteiger partial charge in [0.15, 0.2) is 0 Å². The Bertz CT molecular complexity index is 495. The van der Waals surface area contributed by atoms with E-state index in [9.17, 15) is 0 Å². The fourth-order valence-corrected chi connectivity index (χ4v) is 1.70. The van der Waals surface area contributed by atoms with Gasteiger partial charge in [-0.05, 0) is 13.8 Å². The lowest BCUT2D eigenvalue weighted by atomic mass is 10.3. The van der Waals surface area contributed by atoms with Gasteiger partial charge in [0.2, 0.25) is 0 Å². The van der Waals surface area contributed by atoms with Gasteiger partial charge in [0.25, 0.3) is 0 Å². The minimum absolute atomic E-state index is 0.502. The molecule has 0 atom stereocenters. The molecule has 17 heavy (non-hydrogen) atoms. The summed E-state index contributed by atoms with van der Waals surface area (Å²) in [7, 11) is 0. The molecule has 0 aliphatic carbocycles. The average Bonchev–Trinajstić information content (AvgIpc) is 2.78. The lowest BCUT2D eigenvalue weighted by Gasteiger charge is -2.10. The molecule has 0 aromatic carbocycles. The monoisotopic (exact) mass is 251 g/mol. The second-order valence-electron chi connectivity index (χ2n) is 3.76. The van der Waals surface area contributed by atoms with Gasteiger partial charge in [-0.3, -0.25) is 0 Å². The number of hydrogen-bond acceptors (Lipinski definition) is 4. The number of aromatic nitrogens is 4. The molecule has 2 aromatic rings. The molecule has 5 nitrogen and oxygen atoms in total. The summed E-state index contributed by atoms with van der Waals surface area (Å²) >= 11 is 5.99. The summed E-state index contributed by atoms with van der Waals surface area (Å²) in [6.45, 7) is 5.33. The fourth-order valence-electron chi connectivity index (χ4n) is 1.49. The standard InChI is InChI=1S/C11H14ClN5/c1-8-10(12)15-9(2)16-11(8)14-4-6-17-5-3-13-7-17/h3,5,7H,4,6H2,1-2H3,(H,14,15,16). The van der Waals surface area contributed by atoms with Crippen molar-refractivity contribution in [2.24, 2.45) is 0 Å². The summed E-state index contributed by atoms with van der Waals surface area (Å²) in [6, 6.07) is 0. The third-order valence-corrected chi connectivity index (χ3v) is 2.79. The summed E-state index contributed by atoms with van der Waals surface area (Å²) in [4.78, 5) is 12.4. The molecule has 0 aliphatic rings. The van der Waals surface area contributed by atoms with E-state index >= 15 is 0 Å². The molecule has 0 aliphatic heterocycles. The van der Waals surface area contributed by atoms with Gasteiger partial charge >= 0.3 is 0 Å². The highest BCUT2D eigenvalue weighted by Crippen LogP contribution is 2.19. The lowest BCUT2D eigenvalue weighted by Crippen LogP contribution is -2.12. The molecule has 2 heterocycles. The van der Waals surface area contributed by atoms with Crippen LogP contribution >= 0.6 is 11.6 Å². The molecule has 0 amide bonds. The zero-order valence-electron chi connectivity index (χ0n) is 9.81. The van der Waals surface area contributed by atoms with Crippen LogP contribution in [0.4, 0.5) is 5.82 Å².